The lowest BCUT2D eigenvalue weighted by molar-refractivity contribution is 0.275. The highest BCUT2D eigenvalue weighted by atomic mass is 32.2. The minimum Gasteiger partial charge on any atom is -0.392 e. The molecule has 0 aliphatic rings. The first-order chi connectivity index (χ1) is 9.29. The molecule has 1 rings (SSSR count). The maximum atomic E-state index is 13.7. The van der Waals surface area contributed by atoms with Crippen LogP contribution in [0.3, 0.4) is 0 Å². The van der Waals surface area contributed by atoms with E-state index in [-0.39, 0.29) is 22.1 Å². The number of aryl methyl sites for hydroxylation is 1. The van der Waals surface area contributed by atoms with E-state index in [1.807, 2.05) is 13.8 Å². The molecular formula is C14H22FNO3S. The summed E-state index contributed by atoms with van der Waals surface area (Å²) in [5, 5.41) is 9.12. The fourth-order valence-electron chi connectivity index (χ4n) is 2.24. The van der Waals surface area contributed by atoms with Crippen LogP contribution in [0.2, 0.25) is 0 Å². The maximum absolute atomic E-state index is 13.7. The first kappa shape index (κ1) is 17.1. The zero-order chi connectivity index (χ0) is 15.5. The third kappa shape index (κ3) is 3.19. The molecule has 4 nitrogen and oxygen atoms in total. The minimum absolute atomic E-state index is 0.00141. The quantitative estimate of drug-likeness (QED) is 0.878. The van der Waals surface area contributed by atoms with E-state index in [1.165, 1.54) is 30.4 Å². The summed E-state index contributed by atoms with van der Waals surface area (Å²) in [4.78, 5) is 0.0230. The van der Waals surface area contributed by atoms with E-state index in [9.17, 15) is 12.8 Å². The van der Waals surface area contributed by atoms with E-state index < -0.39 is 22.4 Å². The van der Waals surface area contributed by atoms with Gasteiger partial charge in [-0.05, 0) is 37.5 Å². The van der Waals surface area contributed by atoms with Gasteiger partial charge in [0.2, 0.25) is 10.0 Å². The van der Waals surface area contributed by atoms with E-state index in [1.54, 1.807) is 0 Å². The van der Waals surface area contributed by atoms with Gasteiger partial charge in [0, 0.05) is 18.7 Å². The van der Waals surface area contributed by atoms with Crippen LogP contribution >= 0.6 is 0 Å². The molecule has 0 bridgehead atoms. The molecule has 20 heavy (non-hydrogen) atoms. The van der Waals surface area contributed by atoms with Gasteiger partial charge >= 0.3 is 0 Å². The molecule has 1 N–H and O–H groups in total. The Hall–Kier alpha value is -0.980. The van der Waals surface area contributed by atoms with Gasteiger partial charge in [0.15, 0.2) is 0 Å². The molecule has 6 heteroatoms. The van der Waals surface area contributed by atoms with Gasteiger partial charge in [0.25, 0.3) is 0 Å². The number of rotatable bonds is 6. The number of hydrogen-bond acceptors (Lipinski definition) is 3. The molecule has 0 unspecified atom stereocenters. The molecule has 0 amide bonds. The SMILES string of the molecule is CCC(CC)N(C)S(=O)(=O)c1cc(C)c(F)c(CO)c1. The second-order valence-electron chi connectivity index (χ2n) is 4.86. The number of nitrogens with zero attached hydrogens (tertiary/aromatic N) is 1. The van der Waals surface area contributed by atoms with Gasteiger partial charge in [-0.3, -0.25) is 0 Å². The molecule has 0 aromatic heterocycles. The molecule has 0 saturated heterocycles. The Kier molecular flexibility index (Phi) is 5.68. The Bertz CT molecular complexity index is 568. The van der Waals surface area contributed by atoms with Crippen LogP contribution in [-0.4, -0.2) is 30.9 Å². The fraction of sp³-hybridized carbons (Fsp3) is 0.571. The highest BCUT2D eigenvalue weighted by molar-refractivity contribution is 7.89. The lowest BCUT2D eigenvalue weighted by Gasteiger charge is -2.26. The lowest BCUT2D eigenvalue weighted by atomic mass is 10.1. The van der Waals surface area contributed by atoms with Gasteiger partial charge in [-0.2, -0.15) is 4.31 Å². The van der Waals surface area contributed by atoms with Crippen molar-refractivity contribution in [3.8, 4) is 0 Å². The Labute approximate surface area is 120 Å². The van der Waals surface area contributed by atoms with Crippen LogP contribution in [0, 0.1) is 12.7 Å². The normalized spacial score (nSPS) is 12.4. The van der Waals surface area contributed by atoms with Crippen molar-refractivity contribution in [2.24, 2.45) is 0 Å². The molecule has 0 aliphatic carbocycles. The maximum Gasteiger partial charge on any atom is 0.243 e. The average Bonchev–Trinajstić information content (AvgIpc) is 2.42. The van der Waals surface area contributed by atoms with Crippen molar-refractivity contribution in [2.45, 2.75) is 51.2 Å². The Morgan fingerprint density at radius 2 is 1.85 bits per heavy atom. The Morgan fingerprint density at radius 1 is 1.30 bits per heavy atom. The molecule has 0 heterocycles. The summed E-state index contributed by atoms with van der Waals surface area (Å²) < 4.78 is 40.1. The highest BCUT2D eigenvalue weighted by Gasteiger charge is 2.27. The van der Waals surface area contributed by atoms with Gasteiger partial charge in [-0.1, -0.05) is 13.8 Å². The van der Waals surface area contributed by atoms with Crippen LogP contribution in [0.1, 0.15) is 37.8 Å². The number of aliphatic hydroxyl groups excluding tert-OH is 1. The van der Waals surface area contributed by atoms with E-state index in [0.29, 0.717) is 12.8 Å². The summed E-state index contributed by atoms with van der Waals surface area (Å²) in [6.07, 6.45) is 1.42. The predicted octanol–water partition coefficient (Wildman–Crippen LogP) is 2.44. The zero-order valence-corrected chi connectivity index (χ0v) is 13.2. The molecule has 0 atom stereocenters. The summed E-state index contributed by atoms with van der Waals surface area (Å²) in [7, 11) is -2.15. The lowest BCUT2D eigenvalue weighted by Crippen LogP contribution is -2.36. The predicted molar refractivity (Wildman–Crippen MR) is 76.4 cm³/mol. The van der Waals surface area contributed by atoms with Gasteiger partial charge in [0.05, 0.1) is 11.5 Å². The van der Waals surface area contributed by atoms with Crippen molar-refractivity contribution in [3.63, 3.8) is 0 Å². The van der Waals surface area contributed by atoms with Crippen molar-refractivity contribution in [3.05, 3.63) is 29.1 Å². The zero-order valence-electron chi connectivity index (χ0n) is 12.4. The van der Waals surface area contributed by atoms with Gasteiger partial charge in [0.1, 0.15) is 5.82 Å². The number of aliphatic hydroxyl groups is 1. The van der Waals surface area contributed by atoms with Crippen LogP contribution in [0.4, 0.5) is 4.39 Å². The number of benzene rings is 1. The van der Waals surface area contributed by atoms with Crippen molar-refractivity contribution < 1.29 is 17.9 Å². The van der Waals surface area contributed by atoms with Crippen LogP contribution < -0.4 is 0 Å². The Balaban J connectivity index is 3.32. The molecule has 114 valence electrons. The monoisotopic (exact) mass is 303 g/mol. The van der Waals surface area contributed by atoms with Gasteiger partial charge in [-0.15, -0.1) is 0 Å². The largest absolute Gasteiger partial charge is 0.392 e. The summed E-state index contributed by atoms with van der Waals surface area (Å²) in [5.74, 6) is -0.559. The van der Waals surface area contributed by atoms with Crippen molar-refractivity contribution in [1.82, 2.24) is 4.31 Å². The molecule has 1 aromatic rings. The van der Waals surface area contributed by atoms with E-state index in [2.05, 4.69) is 0 Å². The van der Waals surface area contributed by atoms with Gasteiger partial charge < -0.3 is 5.11 Å². The van der Waals surface area contributed by atoms with Crippen LogP contribution in [0.15, 0.2) is 17.0 Å². The molecule has 0 radical (unpaired) electrons. The Morgan fingerprint density at radius 3 is 2.30 bits per heavy atom. The molecule has 1 aromatic carbocycles. The third-order valence-corrected chi connectivity index (χ3v) is 5.50. The van der Waals surface area contributed by atoms with Crippen LogP contribution in [-0.2, 0) is 16.6 Å². The van der Waals surface area contributed by atoms with Crippen LogP contribution in [0.25, 0.3) is 0 Å². The topological polar surface area (TPSA) is 57.6 Å². The van der Waals surface area contributed by atoms with Crippen molar-refractivity contribution in [1.29, 1.82) is 0 Å². The molecular weight excluding hydrogens is 281 g/mol. The number of halogens is 1. The van der Waals surface area contributed by atoms with Crippen molar-refractivity contribution in [2.75, 3.05) is 7.05 Å². The number of sulfonamides is 1. The summed E-state index contributed by atoms with van der Waals surface area (Å²) in [6, 6.07) is 2.42. The van der Waals surface area contributed by atoms with E-state index in [0.717, 1.165) is 0 Å². The smallest absolute Gasteiger partial charge is 0.243 e. The molecule has 0 spiro atoms. The summed E-state index contributed by atoms with van der Waals surface area (Å²) >= 11 is 0. The second kappa shape index (κ2) is 6.65. The fourth-order valence-corrected chi connectivity index (χ4v) is 3.88. The highest BCUT2D eigenvalue weighted by Crippen LogP contribution is 2.24. The first-order valence-corrected chi connectivity index (χ1v) is 8.11. The second-order valence-corrected chi connectivity index (χ2v) is 6.86. The number of hydrogen-bond donors (Lipinski definition) is 1. The average molecular weight is 303 g/mol. The van der Waals surface area contributed by atoms with E-state index in [4.69, 9.17) is 5.11 Å². The summed E-state index contributed by atoms with van der Waals surface area (Å²) in [6.45, 7) is 4.82. The van der Waals surface area contributed by atoms with Crippen molar-refractivity contribution >= 4 is 10.0 Å². The molecule has 0 fully saturated rings. The van der Waals surface area contributed by atoms with Gasteiger partial charge in [-0.25, -0.2) is 12.8 Å². The first-order valence-electron chi connectivity index (χ1n) is 6.67. The minimum atomic E-state index is -3.68. The third-order valence-electron chi connectivity index (χ3n) is 3.61. The molecule has 0 saturated carbocycles. The summed E-state index contributed by atoms with van der Waals surface area (Å²) in [5.41, 5.74) is 0.217. The van der Waals surface area contributed by atoms with Crippen LogP contribution in [0.5, 0.6) is 0 Å². The standard InChI is InChI=1S/C14H22FNO3S/c1-5-12(6-2)16(4)20(18,19)13-7-10(3)14(15)11(8-13)9-17/h7-8,12,17H,5-6,9H2,1-4H3. The van der Waals surface area contributed by atoms with E-state index >= 15 is 0 Å². The molecule has 0 aliphatic heterocycles.